The first kappa shape index (κ1) is 25.6. The lowest BCUT2D eigenvalue weighted by Crippen LogP contribution is -2.43. The molecule has 7 nitrogen and oxygen atoms in total. The quantitative estimate of drug-likeness (QED) is 0.328. The van der Waals surface area contributed by atoms with Gasteiger partial charge in [-0.3, -0.25) is 9.52 Å². The summed E-state index contributed by atoms with van der Waals surface area (Å²) >= 11 is 3.43. The van der Waals surface area contributed by atoms with Gasteiger partial charge in [0.05, 0.1) is 29.3 Å². The summed E-state index contributed by atoms with van der Waals surface area (Å²) in [5.74, 6) is 0.171. The number of sulfonamides is 1. The first-order valence-corrected chi connectivity index (χ1v) is 15.1. The Morgan fingerprint density at radius 3 is 2.64 bits per heavy atom. The average Bonchev–Trinajstić information content (AvgIpc) is 3.31. The van der Waals surface area contributed by atoms with Gasteiger partial charge in [-0.1, -0.05) is 30.3 Å². The van der Waals surface area contributed by atoms with Crippen molar-refractivity contribution in [2.45, 2.75) is 49.3 Å². The van der Waals surface area contributed by atoms with Gasteiger partial charge in [-0.25, -0.2) is 12.8 Å². The van der Waals surface area contributed by atoms with E-state index in [1.165, 1.54) is 17.8 Å². The first-order valence-electron chi connectivity index (χ1n) is 11.5. The molecule has 3 aromatic rings. The minimum absolute atomic E-state index is 0.134. The minimum atomic E-state index is -3.77. The third-order valence-electron chi connectivity index (χ3n) is 6.46. The molecule has 1 fully saturated rings. The van der Waals surface area contributed by atoms with Crippen LogP contribution >= 0.6 is 34.4 Å². The van der Waals surface area contributed by atoms with E-state index in [2.05, 4.69) is 10.0 Å². The second-order valence-electron chi connectivity index (χ2n) is 8.89. The van der Waals surface area contributed by atoms with Gasteiger partial charge in [-0.05, 0) is 66.1 Å². The summed E-state index contributed by atoms with van der Waals surface area (Å²) < 4.78 is 52.3. The van der Waals surface area contributed by atoms with Gasteiger partial charge in [0, 0.05) is 21.4 Å². The van der Waals surface area contributed by atoms with Gasteiger partial charge in [-0.15, -0.1) is 11.8 Å². The number of thioether (sulfide) groups is 1. The molecule has 0 radical (unpaired) electrons. The maximum absolute atomic E-state index is 14.6. The number of halogens is 2. The van der Waals surface area contributed by atoms with E-state index in [0.29, 0.717) is 48.0 Å². The molecule has 11 heteroatoms. The van der Waals surface area contributed by atoms with Crippen LogP contribution in [0.3, 0.4) is 0 Å². The first-order chi connectivity index (χ1) is 17.2. The summed E-state index contributed by atoms with van der Waals surface area (Å²) in [4.78, 5) is 13.0. The number of nitrogens with zero attached hydrogens (tertiary/aromatic N) is 1. The number of anilines is 3. The zero-order valence-electron chi connectivity index (χ0n) is 19.5. The van der Waals surface area contributed by atoms with Crippen LogP contribution in [-0.2, 0) is 27.9 Å². The maximum atomic E-state index is 14.6. The van der Waals surface area contributed by atoms with Crippen molar-refractivity contribution in [3.8, 4) is 0 Å². The number of benzene rings is 2. The summed E-state index contributed by atoms with van der Waals surface area (Å²) in [6.07, 6.45) is 0.640. The van der Waals surface area contributed by atoms with E-state index in [4.69, 9.17) is 4.74 Å². The van der Waals surface area contributed by atoms with Crippen LogP contribution in [-0.4, -0.2) is 30.1 Å². The third-order valence-corrected chi connectivity index (χ3v) is 9.96. The van der Waals surface area contributed by atoms with Crippen LogP contribution in [0.4, 0.5) is 21.5 Å². The van der Waals surface area contributed by atoms with Crippen molar-refractivity contribution in [1.82, 2.24) is 4.57 Å². The van der Waals surface area contributed by atoms with Crippen LogP contribution < -0.4 is 15.6 Å². The van der Waals surface area contributed by atoms with Gasteiger partial charge in [0.25, 0.3) is 5.56 Å². The average molecular weight is 642 g/mol. The van der Waals surface area contributed by atoms with Crippen LogP contribution in [0.1, 0.15) is 24.0 Å². The second kappa shape index (κ2) is 10.3. The Balaban J connectivity index is 1.38. The number of hydrogen-bond acceptors (Lipinski definition) is 6. The Bertz CT molecular complexity index is 1460. The van der Waals surface area contributed by atoms with E-state index >= 15 is 0 Å². The van der Waals surface area contributed by atoms with Crippen LogP contribution in [0.25, 0.3) is 0 Å². The van der Waals surface area contributed by atoms with Gasteiger partial charge in [-0.2, -0.15) is 0 Å². The van der Waals surface area contributed by atoms with Crippen molar-refractivity contribution in [2.24, 2.45) is 0 Å². The predicted octanol–water partition coefficient (Wildman–Crippen LogP) is 5.24. The fraction of sp³-hybridized carbons (Fsp3) is 0.320. The Morgan fingerprint density at radius 2 is 1.92 bits per heavy atom. The molecule has 0 saturated heterocycles. The highest BCUT2D eigenvalue weighted by Gasteiger charge is 2.40. The molecular formula is C25H25FIN3O4S2. The molecule has 0 atom stereocenters. The Morgan fingerprint density at radius 1 is 1.17 bits per heavy atom. The Kier molecular flexibility index (Phi) is 7.34. The highest BCUT2D eigenvalue weighted by atomic mass is 127. The zero-order valence-corrected chi connectivity index (χ0v) is 23.3. The smallest absolute Gasteiger partial charge is 0.256 e. The largest absolute Gasteiger partial charge is 0.373 e. The topological polar surface area (TPSA) is 89.4 Å². The summed E-state index contributed by atoms with van der Waals surface area (Å²) in [5, 5.41) is 2.92. The standard InChI is InChI=1S/C25H25FIN3O4S2/c1-15-22(28-21-8-7-17(27)11-20(21)26)23(25-30(24(15)31)9-10-35-25)29-36(32,33)19-12-18(13-19)34-14-16-5-3-2-4-6-16/h2-8,11,18-19,28-29H,9-10,12-14H2,1H3. The molecule has 0 unspecified atom stereocenters. The molecule has 1 aliphatic heterocycles. The molecule has 5 rings (SSSR count). The Hall–Kier alpha value is -2.09. The van der Waals surface area contributed by atoms with E-state index < -0.39 is 21.1 Å². The number of rotatable bonds is 8. The van der Waals surface area contributed by atoms with Gasteiger partial charge in [0.15, 0.2) is 0 Å². The maximum Gasteiger partial charge on any atom is 0.256 e. The van der Waals surface area contributed by atoms with Gasteiger partial charge >= 0.3 is 0 Å². The van der Waals surface area contributed by atoms with Crippen molar-refractivity contribution < 1.29 is 17.5 Å². The number of nitrogens with one attached hydrogen (secondary N) is 2. The molecule has 0 spiro atoms. The number of fused-ring (bicyclic) bond motifs is 1. The van der Waals surface area contributed by atoms with Crippen molar-refractivity contribution >= 4 is 61.4 Å². The fourth-order valence-electron chi connectivity index (χ4n) is 4.31. The molecule has 1 aromatic heterocycles. The molecule has 2 aliphatic rings. The lowest BCUT2D eigenvalue weighted by atomic mass is 9.95. The van der Waals surface area contributed by atoms with Crippen LogP contribution in [0.5, 0.6) is 0 Å². The van der Waals surface area contributed by atoms with E-state index in [1.807, 2.05) is 52.9 Å². The highest BCUT2D eigenvalue weighted by molar-refractivity contribution is 14.1. The molecule has 1 aliphatic carbocycles. The van der Waals surface area contributed by atoms with Crippen LogP contribution in [0, 0.1) is 16.3 Å². The number of pyridine rings is 1. The van der Waals surface area contributed by atoms with Crippen molar-refractivity contribution in [3.63, 3.8) is 0 Å². The van der Waals surface area contributed by atoms with Gasteiger partial charge < -0.3 is 14.6 Å². The molecule has 36 heavy (non-hydrogen) atoms. The zero-order chi connectivity index (χ0) is 25.4. The molecule has 190 valence electrons. The summed E-state index contributed by atoms with van der Waals surface area (Å²) in [7, 11) is -3.77. The highest BCUT2D eigenvalue weighted by Crippen LogP contribution is 2.41. The van der Waals surface area contributed by atoms with Gasteiger partial charge in [0.1, 0.15) is 16.5 Å². The molecule has 0 bridgehead atoms. The van der Waals surface area contributed by atoms with E-state index in [0.717, 1.165) is 9.13 Å². The molecular weight excluding hydrogens is 616 g/mol. The van der Waals surface area contributed by atoms with Crippen LogP contribution in [0.2, 0.25) is 0 Å². The van der Waals surface area contributed by atoms with Crippen molar-refractivity contribution in [2.75, 3.05) is 15.8 Å². The normalized spacial score (nSPS) is 19.0. The number of aromatic nitrogens is 1. The Labute approximate surface area is 227 Å². The van der Waals surface area contributed by atoms with Crippen LogP contribution in [0.15, 0.2) is 58.4 Å². The molecule has 2 heterocycles. The minimum Gasteiger partial charge on any atom is -0.373 e. The molecule has 2 aromatic carbocycles. The predicted molar refractivity (Wildman–Crippen MR) is 149 cm³/mol. The lowest BCUT2D eigenvalue weighted by molar-refractivity contribution is -0.00642. The monoisotopic (exact) mass is 641 g/mol. The number of ether oxygens (including phenoxy) is 1. The fourth-order valence-corrected chi connectivity index (χ4v) is 7.51. The summed E-state index contributed by atoms with van der Waals surface area (Å²) in [6.45, 7) is 2.55. The van der Waals surface area contributed by atoms with Crippen molar-refractivity contribution in [1.29, 1.82) is 0 Å². The lowest BCUT2D eigenvalue weighted by Gasteiger charge is -2.35. The van der Waals surface area contributed by atoms with E-state index in [-0.39, 0.29) is 23.0 Å². The molecule has 0 amide bonds. The number of hydrogen-bond donors (Lipinski definition) is 2. The SMILES string of the molecule is Cc1c(Nc2ccc(I)cc2F)c(NS(=O)(=O)C2CC(OCc3ccccc3)C2)c2n(c1=O)CCS2. The second-order valence-corrected chi connectivity index (χ2v) is 13.2. The van der Waals surface area contributed by atoms with Gasteiger partial charge in [0.2, 0.25) is 10.0 Å². The third kappa shape index (κ3) is 5.15. The van der Waals surface area contributed by atoms with Crippen molar-refractivity contribution in [3.05, 3.63) is 79.4 Å². The summed E-state index contributed by atoms with van der Waals surface area (Å²) in [5.41, 5.74) is 1.89. The molecule has 2 N–H and O–H groups in total. The van der Waals surface area contributed by atoms with E-state index in [1.54, 1.807) is 23.6 Å². The van der Waals surface area contributed by atoms with E-state index in [9.17, 15) is 17.6 Å². The molecule has 1 saturated carbocycles. The summed E-state index contributed by atoms with van der Waals surface area (Å²) in [6, 6.07) is 14.4.